The van der Waals surface area contributed by atoms with Gasteiger partial charge in [-0.2, -0.15) is 0 Å². The standard InChI is InChI=1S/C19H25BrN4O/c1-13(2)17-10-16(25-24-17)11-22-18(21-3)23-12-19(7-8-19)14-5-4-6-15(20)9-14/h4-6,9-10,13H,7-8,11-12H2,1-3H3,(H2,21,22,23). The first-order valence-electron chi connectivity index (χ1n) is 8.68. The fraction of sp³-hybridized carbons (Fsp3) is 0.474. The van der Waals surface area contributed by atoms with E-state index in [1.165, 1.54) is 18.4 Å². The molecule has 0 saturated heterocycles. The Bertz CT molecular complexity index is 749. The van der Waals surface area contributed by atoms with Crippen LogP contribution in [0.3, 0.4) is 0 Å². The zero-order valence-corrected chi connectivity index (χ0v) is 16.6. The first-order valence-corrected chi connectivity index (χ1v) is 9.48. The molecule has 3 rings (SSSR count). The van der Waals surface area contributed by atoms with Crippen LogP contribution in [0.1, 0.15) is 49.6 Å². The molecule has 0 aliphatic heterocycles. The number of benzene rings is 1. The molecule has 0 amide bonds. The third kappa shape index (κ3) is 4.42. The molecule has 2 N–H and O–H groups in total. The lowest BCUT2D eigenvalue weighted by atomic mass is 9.96. The Morgan fingerprint density at radius 1 is 1.32 bits per heavy atom. The minimum Gasteiger partial charge on any atom is -0.359 e. The number of halogens is 1. The van der Waals surface area contributed by atoms with Crippen LogP contribution in [0.15, 0.2) is 44.3 Å². The van der Waals surface area contributed by atoms with Crippen molar-refractivity contribution in [2.45, 2.75) is 44.6 Å². The minimum atomic E-state index is 0.221. The maximum Gasteiger partial charge on any atom is 0.191 e. The number of aliphatic imine (C=N–C) groups is 1. The highest BCUT2D eigenvalue weighted by molar-refractivity contribution is 9.10. The van der Waals surface area contributed by atoms with E-state index in [1.54, 1.807) is 7.05 Å². The van der Waals surface area contributed by atoms with Gasteiger partial charge in [-0.3, -0.25) is 4.99 Å². The molecule has 1 saturated carbocycles. The molecule has 1 aromatic heterocycles. The van der Waals surface area contributed by atoms with Crippen molar-refractivity contribution in [2.24, 2.45) is 4.99 Å². The summed E-state index contributed by atoms with van der Waals surface area (Å²) in [5, 5.41) is 10.8. The topological polar surface area (TPSA) is 62.5 Å². The van der Waals surface area contributed by atoms with Gasteiger partial charge in [0.1, 0.15) is 0 Å². The molecule has 1 aromatic carbocycles. The molecule has 6 heteroatoms. The van der Waals surface area contributed by atoms with Gasteiger partial charge in [0.15, 0.2) is 11.7 Å². The minimum absolute atomic E-state index is 0.221. The van der Waals surface area contributed by atoms with Gasteiger partial charge in [0.05, 0.1) is 12.2 Å². The lowest BCUT2D eigenvalue weighted by Crippen LogP contribution is -2.40. The first kappa shape index (κ1) is 18.0. The maximum absolute atomic E-state index is 5.36. The molecule has 0 bridgehead atoms. The molecule has 1 aliphatic rings. The highest BCUT2D eigenvalue weighted by Crippen LogP contribution is 2.48. The number of nitrogens with one attached hydrogen (secondary N) is 2. The Kier molecular flexibility index (Phi) is 5.47. The zero-order valence-electron chi connectivity index (χ0n) is 15.0. The largest absolute Gasteiger partial charge is 0.359 e. The summed E-state index contributed by atoms with van der Waals surface area (Å²) < 4.78 is 6.49. The van der Waals surface area contributed by atoms with Crippen LogP contribution in [0.5, 0.6) is 0 Å². The highest BCUT2D eigenvalue weighted by Gasteiger charge is 2.44. The van der Waals surface area contributed by atoms with Gasteiger partial charge in [-0.1, -0.05) is 47.1 Å². The number of guanidine groups is 1. The number of nitrogens with zero attached hydrogens (tertiary/aromatic N) is 2. The summed E-state index contributed by atoms with van der Waals surface area (Å²) in [6.07, 6.45) is 2.40. The summed E-state index contributed by atoms with van der Waals surface area (Å²) in [7, 11) is 1.79. The van der Waals surface area contributed by atoms with Crippen LogP contribution < -0.4 is 10.6 Å². The summed E-state index contributed by atoms with van der Waals surface area (Å²) in [5.74, 6) is 1.97. The predicted molar refractivity (Wildman–Crippen MR) is 104 cm³/mol. The molecular weight excluding hydrogens is 380 g/mol. The summed E-state index contributed by atoms with van der Waals surface area (Å²) in [4.78, 5) is 4.31. The fourth-order valence-electron chi connectivity index (χ4n) is 2.87. The van der Waals surface area contributed by atoms with Gasteiger partial charge in [0.2, 0.25) is 0 Å². The molecular formula is C19H25BrN4O. The van der Waals surface area contributed by atoms with Crippen molar-refractivity contribution < 1.29 is 4.52 Å². The van der Waals surface area contributed by atoms with E-state index >= 15 is 0 Å². The van der Waals surface area contributed by atoms with Crippen molar-refractivity contribution in [2.75, 3.05) is 13.6 Å². The van der Waals surface area contributed by atoms with E-state index in [2.05, 4.69) is 74.8 Å². The van der Waals surface area contributed by atoms with Gasteiger partial charge >= 0.3 is 0 Å². The van der Waals surface area contributed by atoms with Crippen LogP contribution in [0, 0.1) is 0 Å². The van der Waals surface area contributed by atoms with Crippen molar-refractivity contribution in [1.29, 1.82) is 0 Å². The smallest absolute Gasteiger partial charge is 0.191 e. The van der Waals surface area contributed by atoms with E-state index in [4.69, 9.17) is 4.52 Å². The SMILES string of the molecule is CN=C(NCc1cc(C(C)C)no1)NCC1(c2cccc(Br)c2)CC1. The van der Waals surface area contributed by atoms with Crippen LogP contribution in [-0.4, -0.2) is 24.7 Å². The Hall–Kier alpha value is -1.82. The second-order valence-corrected chi connectivity index (χ2v) is 7.86. The lowest BCUT2D eigenvalue weighted by molar-refractivity contribution is 0.372. The van der Waals surface area contributed by atoms with E-state index < -0.39 is 0 Å². The van der Waals surface area contributed by atoms with Gasteiger partial charge < -0.3 is 15.2 Å². The van der Waals surface area contributed by atoms with Crippen molar-refractivity contribution in [3.63, 3.8) is 0 Å². The van der Waals surface area contributed by atoms with Crippen LogP contribution >= 0.6 is 15.9 Å². The highest BCUT2D eigenvalue weighted by atomic mass is 79.9. The van der Waals surface area contributed by atoms with Crippen molar-refractivity contribution in [1.82, 2.24) is 15.8 Å². The summed E-state index contributed by atoms with van der Waals surface area (Å²) in [6.45, 7) is 5.65. The van der Waals surface area contributed by atoms with Gasteiger partial charge in [-0.15, -0.1) is 0 Å². The molecule has 1 fully saturated rings. The van der Waals surface area contributed by atoms with E-state index in [9.17, 15) is 0 Å². The Labute approximate surface area is 157 Å². The molecule has 0 unspecified atom stereocenters. The van der Waals surface area contributed by atoms with Gasteiger partial charge in [0, 0.05) is 29.5 Å². The van der Waals surface area contributed by atoms with Crippen LogP contribution in [-0.2, 0) is 12.0 Å². The van der Waals surface area contributed by atoms with Crippen molar-refractivity contribution in [3.8, 4) is 0 Å². The molecule has 1 heterocycles. The first-order chi connectivity index (χ1) is 12.0. The number of hydrogen-bond donors (Lipinski definition) is 2. The van der Waals surface area contributed by atoms with E-state index in [-0.39, 0.29) is 5.41 Å². The molecule has 25 heavy (non-hydrogen) atoms. The number of rotatable bonds is 6. The van der Waals surface area contributed by atoms with Gasteiger partial charge in [-0.25, -0.2) is 0 Å². The van der Waals surface area contributed by atoms with E-state index in [0.717, 1.165) is 28.4 Å². The van der Waals surface area contributed by atoms with Crippen molar-refractivity contribution in [3.05, 3.63) is 51.8 Å². The van der Waals surface area contributed by atoms with Crippen LogP contribution in [0.4, 0.5) is 0 Å². The average Bonchev–Trinajstić information content (AvgIpc) is 3.24. The van der Waals surface area contributed by atoms with Crippen LogP contribution in [0.2, 0.25) is 0 Å². The summed E-state index contributed by atoms with van der Waals surface area (Å²) >= 11 is 3.57. The molecule has 5 nitrogen and oxygen atoms in total. The molecule has 0 radical (unpaired) electrons. The number of hydrogen-bond acceptors (Lipinski definition) is 3. The third-order valence-corrected chi connectivity index (χ3v) is 5.20. The van der Waals surface area contributed by atoms with E-state index in [1.807, 2.05) is 6.07 Å². The Morgan fingerprint density at radius 2 is 2.12 bits per heavy atom. The van der Waals surface area contributed by atoms with Crippen LogP contribution in [0.25, 0.3) is 0 Å². The molecule has 0 atom stereocenters. The summed E-state index contributed by atoms with van der Waals surface area (Å²) in [5.41, 5.74) is 2.58. The monoisotopic (exact) mass is 404 g/mol. The Morgan fingerprint density at radius 3 is 2.72 bits per heavy atom. The van der Waals surface area contributed by atoms with Gasteiger partial charge in [0.25, 0.3) is 0 Å². The normalized spacial score (nSPS) is 16.1. The number of aromatic nitrogens is 1. The molecule has 2 aromatic rings. The third-order valence-electron chi connectivity index (χ3n) is 4.71. The lowest BCUT2D eigenvalue weighted by Gasteiger charge is -2.19. The Balaban J connectivity index is 1.54. The predicted octanol–water partition coefficient (Wildman–Crippen LogP) is 3.96. The van der Waals surface area contributed by atoms with Crippen molar-refractivity contribution >= 4 is 21.9 Å². The molecule has 134 valence electrons. The maximum atomic E-state index is 5.36. The van der Waals surface area contributed by atoms with E-state index in [0.29, 0.717) is 12.5 Å². The summed E-state index contributed by atoms with van der Waals surface area (Å²) in [6, 6.07) is 10.6. The fourth-order valence-corrected chi connectivity index (χ4v) is 3.26. The molecule has 0 spiro atoms. The van der Waals surface area contributed by atoms with Gasteiger partial charge in [-0.05, 0) is 36.5 Å². The molecule has 1 aliphatic carbocycles. The quantitative estimate of drug-likeness (QED) is 0.564. The second-order valence-electron chi connectivity index (χ2n) is 6.94. The second kappa shape index (κ2) is 7.60. The zero-order chi connectivity index (χ0) is 17.9. The average molecular weight is 405 g/mol.